The summed E-state index contributed by atoms with van der Waals surface area (Å²) in [6.07, 6.45) is 0. The number of hydrogen-bond donors (Lipinski definition) is 3. The summed E-state index contributed by atoms with van der Waals surface area (Å²) in [5.41, 5.74) is 7.27. The lowest BCUT2D eigenvalue weighted by atomic mass is 10.1. The number of rotatable bonds is 4. The van der Waals surface area contributed by atoms with Gasteiger partial charge in [0.1, 0.15) is 0 Å². The Kier molecular flexibility index (Phi) is 4.54. The van der Waals surface area contributed by atoms with Gasteiger partial charge >= 0.3 is 0 Å². The number of aromatic nitrogens is 1. The highest BCUT2D eigenvalue weighted by atomic mass is 32.1. The summed E-state index contributed by atoms with van der Waals surface area (Å²) in [5, 5.41) is 5.95. The van der Waals surface area contributed by atoms with Gasteiger partial charge in [-0.25, -0.2) is 4.98 Å². The van der Waals surface area contributed by atoms with Crippen molar-refractivity contribution in [2.24, 2.45) is 11.7 Å². The average Bonchev–Trinajstić information content (AvgIpc) is 2.78. The van der Waals surface area contributed by atoms with Crippen LogP contribution in [-0.4, -0.2) is 22.8 Å². The molecule has 2 amide bonds. The second-order valence-electron chi connectivity index (χ2n) is 5.14. The Morgan fingerprint density at radius 1 is 1.29 bits per heavy atom. The van der Waals surface area contributed by atoms with Gasteiger partial charge in [0.2, 0.25) is 11.8 Å². The molecule has 0 unspecified atom stereocenters. The molecule has 1 aromatic heterocycles. The molecule has 0 spiro atoms. The van der Waals surface area contributed by atoms with Gasteiger partial charge in [-0.2, -0.15) is 0 Å². The number of nitrogens with two attached hydrogens (primary N) is 1. The van der Waals surface area contributed by atoms with Gasteiger partial charge in [-0.3, -0.25) is 9.59 Å². The lowest BCUT2D eigenvalue weighted by Gasteiger charge is -2.13. The van der Waals surface area contributed by atoms with E-state index in [2.05, 4.69) is 15.6 Å². The standard InChI is InChI=1S/C14H18N4O2S/c1-7(2)12(15)13(20)18-14-17-10-5-4-9(16-8(3)19)6-11(10)21-14/h4-7,12H,15H2,1-3H3,(H,16,19)(H,17,18,20)/t12-/m0/s1. The molecule has 6 nitrogen and oxygen atoms in total. The van der Waals surface area contributed by atoms with E-state index in [1.54, 1.807) is 12.1 Å². The number of carbonyl (C=O) groups is 2. The highest BCUT2D eigenvalue weighted by molar-refractivity contribution is 7.22. The van der Waals surface area contributed by atoms with Crippen LogP contribution in [-0.2, 0) is 9.59 Å². The van der Waals surface area contributed by atoms with E-state index in [1.165, 1.54) is 18.3 Å². The zero-order valence-electron chi connectivity index (χ0n) is 12.1. The second-order valence-corrected chi connectivity index (χ2v) is 6.17. The molecular weight excluding hydrogens is 288 g/mol. The fraction of sp³-hybridized carbons (Fsp3) is 0.357. The fourth-order valence-electron chi connectivity index (χ4n) is 1.75. The van der Waals surface area contributed by atoms with Gasteiger partial charge in [-0.15, -0.1) is 0 Å². The molecule has 112 valence electrons. The van der Waals surface area contributed by atoms with Crippen LogP contribution < -0.4 is 16.4 Å². The number of nitrogens with zero attached hydrogens (tertiary/aromatic N) is 1. The molecule has 1 heterocycles. The molecule has 0 saturated carbocycles. The lowest BCUT2D eigenvalue weighted by Crippen LogP contribution is -2.39. The van der Waals surface area contributed by atoms with E-state index in [0.29, 0.717) is 10.8 Å². The van der Waals surface area contributed by atoms with Gasteiger partial charge in [-0.05, 0) is 24.1 Å². The second kappa shape index (κ2) is 6.19. The van der Waals surface area contributed by atoms with E-state index in [-0.39, 0.29) is 17.7 Å². The van der Waals surface area contributed by atoms with Crippen molar-refractivity contribution in [3.8, 4) is 0 Å². The zero-order valence-corrected chi connectivity index (χ0v) is 13.0. The SMILES string of the molecule is CC(=O)Nc1ccc2nc(NC(=O)[C@@H](N)C(C)C)sc2c1. The number of anilines is 2. The van der Waals surface area contributed by atoms with E-state index in [1.807, 2.05) is 19.9 Å². The van der Waals surface area contributed by atoms with Crippen LogP contribution in [0, 0.1) is 5.92 Å². The predicted octanol–water partition coefficient (Wildman–Crippen LogP) is 2.18. The topological polar surface area (TPSA) is 97.1 Å². The zero-order chi connectivity index (χ0) is 15.6. The number of nitrogens with one attached hydrogen (secondary N) is 2. The molecule has 21 heavy (non-hydrogen) atoms. The van der Waals surface area contributed by atoms with Crippen LogP contribution in [0.3, 0.4) is 0 Å². The first-order chi connectivity index (χ1) is 9.86. The molecule has 0 radical (unpaired) electrons. The van der Waals surface area contributed by atoms with Crippen molar-refractivity contribution in [1.82, 2.24) is 4.98 Å². The maximum Gasteiger partial charge on any atom is 0.243 e. The third-order valence-electron chi connectivity index (χ3n) is 2.96. The summed E-state index contributed by atoms with van der Waals surface area (Å²) in [4.78, 5) is 27.3. The normalized spacial score (nSPS) is 12.4. The van der Waals surface area contributed by atoms with Crippen LogP contribution in [0.2, 0.25) is 0 Å². The van der Waals surface area contributed by atoms with Crippen LogP contribution in [0.1, 0.15) is 20.8 Å². The molecule has 4 N–H and O–H groups in total. The van der Waals surface area contributed by atoms with E-state index in [4.69, 9.17) is 5.73 Å². The Hall–Kier alpha value is -1.99. The third kappa shape index (κ3) is 3.77. The largest absolute Gasteiger partial charge is 0.326 e. The highest BCUT2D eigenvalue weighted by Crippen LogP contribution is 2.28. The van der Waals surface area contributed by atoms with Crippen LogP contribution >= 0.6 is 11.3 Å². The van der Waals surface area contributed by atoms with Gasteiger partial charge in [0.05, 0.1) is 16.3 Å². The van der Waals surface area contributed by atoms with Crippen LogP contribution in [0.25, 0.3) is 10.2 Å². The van der Waals surface area contributed by atoms with Gasteiger partial charge in [0.15, 0.2) is 5.13 Å². The predicted molar refractivity (Wildman–Crippen MR) is 85.4 cm³/mol. The van der Waals surface area contributed by atoms with Gasteiger partial charge < -0.3 is 16.4 Å². The molecule has 1 aromatic carbocycles. The third-order valence-corrected chi connectivity index (χ3v) is 3.89. The van der Waals surface area contributed by atoms with Crippen LogP contribution in [0.4, 0.5) is 10.8 Å². The van der Waals surface area contributed by atoms with Crippen LogP contribution in [0.5, 0.6) is 0 Å². The minimum Gasteiger partial charge on any atom is -0.326 e. The van der Waals surface area contributed by atoms with Gasteiger partial charge in [0, 0.05) is 12.6 Å². The summed E-state index contributed by atoms with van der Waals surface area (Å²) >= 11 is 1.35. The summed E-state index contributed by atoms with van der Waals surface area (Å²) in [6, 6.07) is 4.84. The molecular formula is C14H18N4O2S. The minimum atomic E-state index is -0.563. The Labute approximate surface area is 126 Å². The summed E-state index contributed by atoms with van der Waals surface area (Å²) in [7, 11) is 0. The fourth-order valence-corrected chi connectivity index (χ4v) is 2.66. The van der Waals surface area contributed by atoms with Crippen molar-refractivity contribution in [2.45, 2.75) is 26.8 Å². The van der Waals surface area contributed by atoms with Gasteiger partial charge in [-0.1, -0.05) is 25.2 Å². The Bertz CT molecular complexity index is 681. The molecule has 1 atom stereocenters. The van der Waals surface area contributed by atoms with Crippen molar-refractivity contribution in [1.29, 1.82) is 0 Å². The maximum atomic E-state index is 11.9. The first kappa shape index (κ1) is 15.4. The number of fused-ring (bicyclic) bond motifs is 1. The van der Waals surface area contributed by atoms with Crippen molar-refractivity contribution in [3.63, 3.8) is 0 Å². The highest BCUT2D eigenvalue weighted by Gasteiger charge is 2.18. The number of thiazole rings is 1. The molecule has 0 fully saturated rings. The summed E-state index contributed by atoms with van der Waals surface area (Å²) in [6.45, 7) is 5.24. The maximum absolute atomic E-state index is 11.9. The number of hydrogen-bond acceptors (Lipinski definition) is 5. The Morgan fingerprint density at radius 2 is 2.00 bits per heavy atom. The Balaban J connectivity index is 2.19. The van der Waals surface area contributed by atoms with Crippen LogP contribution in [0.15, 0.2) is 18.2 Å². The smallest absolute Gasteiger partial charge is 0.243 e. The molecule has 0 saturated heterocycles. The first-order valence-electron chi connectivity index (χ1n) is 6.61. The molecule has 0 aliphatic heterocycles. The number of benzene rings is 1. The number of carbonyl (C=O) groups excluding carboxylic acids is 2. The van der Waals surface area contributed by atoms with Crippen molar-refractivity contribution >= 4 is 44.2 Å². The van der Waals surface area contributed by atoms with E-state index in [0.717, 1.165) is 10.2 Å². The van der Waals surface area contributed by atoms with Crippen molar-refractivity contribution in [3.05, 3.63) is 18.2 Å². The molecule has 0 aliphatic rings. The molecule has 0 aliphatic carbocycles. The van der Waals surface area contributed by atoms with Crippen molar-refractivity contribution in [2.75, 3.05) is 10.6 Å². The monoisotopic (exact) mass is 306 g/mol. The summed E-state index contributed by atoms with van der Waals surface area (Å²) in [5.74, 6) is -0.313. The van der Waals surface area contributed by atoms with Crippen molar-refractivity contribution < 1.29 is 9.59 Å². The van der Waals surface area contributed by atoms with E-state index < -0.39 is 6.04 Å². The molecule has 7 heteroatoms. The average molecular weight is 306 g/mol. The summed E-state index contributed by atoms with van der Waals surface area (Å²) < 4.78 is 0.884. The lowest BCUT2D eigenvalue weighted by molar-refractivity contribution is -0.118. The Morgan fingerprint density at radius 3 is 2.62 bits per heavy atom. The molecule has 0 bridgehead atoms. The number of amides is 2. The molecule has 2 rings (SSSR count). The first-order valence-corrected chi connectivity index (χ1v) is 7.43. The minimum absolute atomic E-state index is 0.0609. The van der Waals surface area contributed by atoms with E-state index in [9.17, 15) is 9.59 Å². The van der Waals surface area contributed by atoms with E-state index >= 15 is 0 Å². The molecule has 2 aromatic rings. The van der Waals surface area contributed by atoms with Gasteiger partial charge in [0.25, 0.3) is 0 Å². The quantitative estimate of drug-likeness (QED) is 0.806.